The number of aliphatic hydroxyl groups excluding tert-OH is 1. The van der Waals surface area contributed by atoms with Crippen LogP contribution < -0.4 is 10.6 Å². The maximum atomic E-state index is 11.9. The van der Waals surface area contributed by atoms with Crippen LogP contribution in [0.3, 0.4) is 0 Å². The summed E-state index contributed by atoms with van der Waals surface area (Å²) in [6.45, 7) is 0.170. The fraction of sp³-hybridized carbons (Fsp3) is 0.667. The quantitative estimate of drug-likeness (QED) is 0.780. The molecule has 0 aromatic carbocycles. The third-order valence-corrected chi connectivity index (χ3v) is 4.94. The molecular formula is C12H17N3O2S. The number of aliphatic hydroxyl groups is 1. The number of aromatic nitrogens is 1. The van der Waals surface area contributed by atoms with Crippen molar-refractivity contribution < 1.29 is 9.90 Å². The van der Waals surface area contributed by atoms with Gasteiger partial charge in [0, 0.05) is 30.1 Å². The highest BCUT2D eigenvalue weighted by Gasteiger charge is 2.47. The maximum absolute atomic E-state index is 11.9. The lowest BCUT2D eigenvalue weighted by Gasteiger charge is -2.30. The Morgan fingerprint density at radius 1 is 1.50 bits per heavy atom. The van der Waals surface area contributed by atoms with Crippen molar-refractivity contribution >= 4 is 22.5 Å². The lowest BCUT2D eigenvalue weighted by molar-refractivity contribution is 0.146. The van der Waals surface area contributed by atoms with E-state index in [9.17, 15) is 9.90 Å². The first-order valence-corrected chi connectivity index (χ1v) is 7.23. The number of rotatable bonds is 3. The molecule has 1 aromatic heterocycles. The van der Waals surface area contributed by atoms with Crippen LogP contribution in [0.2, 0.25) is 0 Å². The van der Waals surface area contributed by atoms with Crippen LogP contribution >= 0.6 is 11.3 Å². The molecule has 4 atom stereocenters. The number of amides is 2. The molecule has 2 aliphatic carbocycles. The molecule has 2 amide bonds. The van der Waals surface area contributed by atoms with Crippen LogP contribution in [0.1, 0.15) is 19.3 Å². The maximum Gasteiger partial charge on any atom is 0.321 e. The fourth-order valence-corrected chi connectivity index (χ4v) is 3.99. The molecule has 0 aliphatic heterocycles. The Kier molecular flexibility index (Phi) is 3.22. The molecule has 0 radical (unpaired) electrons. The van der Waals surface area contributed by atoms with E-state index in [1.165, 1.54) is 24.2 Å². The molecule has 3 rings (SSSR count). The highest BCUT2D eigenvalue weighted by Crippen LogP contribution is 2.48. The van der Waals surface area contributed by atoms with E-state index in [0.29, 0.717) is 17.0 Å². The van der Waals surface area contributed by atoms with E-state index in [1.54, 1.807) is 6.20 Å². The summed E-state index contributed by atoms with van der Waals surface area (Å²) in [6.07, 6.45) is 5.17. The van der Waals surface area contributed by atoms with Gasteiger partial charge >= 0.3 is 6.03 Å². The number of thiazole rings is 1. The normalized spacial score (nSPS) is 33.6. The van der Waals surface area contributed by atoms with Crippen molar-refractivity contribution in [3.8, 4) is 0 Å². The Labute approximate surface area is 110 Å². The van der Waals surface area contributed by atoms with Crippen LogP contribution in [-0.4, -0.2) is 28.8 Å². The highest BCUT2D eigenvalue weighted by atomic mass is 32.1. The van der Waals surface area contributed by atoms with Crippen molar-refractivity contribution in [2.24, 2.45) is 17.8 Å². The monoisotopic (exact) mass is 267 g/mol. The van der Waals surface area contributed by atoms with Gasteiger partial charge in [-0.1, -0.05) is 0 Å². The predicted molar refractivity (Wildman–Crippen MR) is 69.5 cm³/mol. The third kappa shape index (κ3) is 2.10. The van der Waals surface area contributed by atoms with Gasteiger partial charge in [-0.25, -0.2) is 9.78 Å². The van der Waals surface area contributed by atoms with Crippen LogP contribution in [0.4, 0.5) is 9.93 Å². The zero-order valence-corrected chi connectivity index (χ0v) is 10.8. The second kappa shape index (κ2) is 4.85. The van der Waals surface area contributed by atoms with E-state index >= 15 is 0 Å². The van der Waals surface area contributed by atoms with E-state index in [0.717, 1.165) is 6.42 Å². The summed E-state index contributed by atoms with van der Waals surface area (Å²) in [5, 5.41) is 17.6. The number of nitrogens with zero attached hydrogens (tertiary/aromatic N) is 1. The number of hydrogen-bond donors (Lipinski definition) is 3. The second-order valence-electron chi connectivity index (χ2n) is 5.14. The Morgan fingerprint density at radius 3 is 3.06 bits per heavy atom. The first kappa shape index (κ1) is 11.9. The molecule has 5 nitrogen and oxygen atoms in total. The van der Waals surface area contributed by atoms with Gasteiger partial charge in [0.15, 0.2) is 5.13 Å². The molecule has 0 saturated heterocycles. The van der Waals surface area contributed by atoms with Gasteiger partial charge in [-0.3, -0.25) is 5.32 Å². The van der Waals surface area contributed by atoms with E-state index in [2.05, 4.69) is 15.6 Å². The summed E-state index contributed by atoms with van der Waals surface area (Å²) in [5.41, 5.74) is 0. The molecule has 2 aliphatic rings. The van der Waals surface area contributed by atoms with E-state index in [4.69, 9.17) is 0 Å². The van der Waals surface area contributed by atoms with Gasteiger partial charge < -0.3 is 10.4 Å². The Bertz CT molecular complexity index is 423. The number of anilines is 1. The summed E-state index contributed by atoms with van der Waals surface area (Å²) in [4.78, 5) is 15.9. The smallest absolute Gasteiger partial charge is 0.321 e. The van der Waals surface area contributed by atoms with Crippen LogP contribution in [-0.2, 0) is 0 Å². The molecule has 1 aromatic rings. The molecule has 2 saturated carbocycles. The minimum Gasteiger partial charge on any atom is -0.396 e. The molecule has 0 spiro atoms. The zero-order valence-electron chi connectivity index (χ0n) is 10.0. The summed E-state index contributed by atoms with van der Waals surface area (Å²) >= 11 is 1.40. The number of hydrogen-bond acceptors (Lipinski definition) is 4. The molecule has 0 unspecified atom stereocenters. The van der Waals surface area contributed by atoms with Crippen LogP contribution in [0.15, 0.2) is 11.6 Å². The van der Waals surface area contributed by atoms with E-state index < -0.39 is 0 Å². The summed E-state index contributed by atoms with van der Waals surface area (Å²) < 4.78 is 0. The Morgan fingerprint density at radius 2 is 2.33 bits per heavy atom. The molecule has 98 valence electrons. The molecule has 2 fully saturated rings. The molecule has 6 heteroatoms. The standard InChI is InChI=1S/C12H17N3O2S/c16-6-9-7-1-2-8(5-7)10(9)14-11(17)15-12-13-3-4-18-12/h3-4,7-10,16H,1-2,5-6H2,(H2,13,14,15,17)/t7-,8+,9+,10-/m1/s1. The molecule has 2 bridgehead atoms. The van der Waals surface area contributed by atoms with E-state index in [-0.39, 0.29) is 24.6 Å². The SMILES string of the molecule is O=C(Nc1nccs1)N[C@@H]1[C@H]2CC[C@H](C2)[C@@H]1CO. The van der Waals surface area contributed by atoms with Gasteiger partial charge in [0.1, 0.15) is 0 Å². The first-order chi connectivity index (χ1) is 8.78. The minimum absolute atomic E-state index is 0.119. The summed E-state index contributed by atoms with van der Waals surface area (Å²) in [5.74, 6) is 1.35. The van der Waals surface area contributed by atoms with Gasteiger partial charge in [0.25, 0.3) is 0 Å². The topological polar surface area (TPSA) is 74.2 Å². The summed E-state index contributed by atoms with van der Waals surface area (Å²) in [7, 11) is 0. The lowest BCUT2D eigenvalue weighted by atomic mass is 9.85. The number of carbonyl (C=O) groups excluding carboxylic acids is 1. The predicted octanol–water partition coefficient (Wildman–Crippen LogP) is 1.67. The average Bonchev–Trinajstić information content (AvgIpc) is 3.04. The highest BCUT2D eigenvalue weighted by molar-refractivity contribution is 7.13. The zero-order chi connectivity index (χ0) is 12.5. The van der Waals surface area contributed by atoms with Crippen molar-refractivity contribution in [2.45, 2.75) is 25.3 Å². The van der Waals surface area contributed by atoms with Crippen molar-refractivity contribution in [1.29, 1.82) is 0 Å². The number of fused-ring (bicyclic) bond motifs is 2. The minimum atomic E-state index is -0.207. The largest absolute Gasteiger partial charge is 0.396 e. The Hall–Kier alpha value is -1.14. The second-order valence-corrected chi connectivity index (χ2v) is 6.04. The number of nitrogens with one attached hydrogen (secondary N) is 2. The number of carbonyl (C=O) groups is 1. The lowest BCUT2D eigenvalue weighted by Crippen LogP contribution is -2.46. The summed E-state index contributed by atoms with van der Waals surface area (Å²) in [6, 6.07) is -0.0883. The third-order valence-electron chi connectivity index (χ3n) is 4.25. The van der Waals surface area contributed by atoms with Gasteiger partial charge in [-0.2, -0.15) is 0 Å². The van der Waals surface area contributed by atoms with Crippen molar-refractivity contribution in [1.82, 2.24) is 10.3 Å². The van der Waals surface area contributed by atoms with Gasteiger partial charge in [-0.15, -0.1) is 11.3 Å². The molecule has 18 heavy (non-hydrogen) atoms. The Balaban J connectivity index is 1.60. The van der Waals surface area contributed by atoms with Crippen LogP contribution in [0.5, 0.6) is 0 Å². The van der Waals surface area contributed by atoms with Crippen LogP contribution in [0, 0.1) is 17.8 Å². The fourth-order valence-electron chi connectivity index (χ4n) is 3.47. The van der Waals surface area contributed by atoms with Crippen LogP contribution in [0.25, 0.3) is 0 Å². The van der Waals surface area contributed by atoms with Crippen molar-refractivity contribution in [3.05, 3.63) is 11.6 Å². The van der Waals surface area contributed by atoms with Gasteiger partial charge in [-0.05, 0) is 31.1 Å². The number of urea groups is 1. The molecule has 3 N–H and O–H groups in total. The average molecular weight is 267 g/mol. The van der Waals surface area contributed by atoms with Crippen molar-refractivity contribution in [3.63, 3.8) is 0 Å². The van der Waals surface area contributed by atoms with Gasteiger partial charge in [0.2, 0.25) is 0 Å². The molecular weight excluding hydrogens is 250 g/mol. The van der Waals surface area contributed by atoms with Gasteiger partial charge in [0.05, 0.1) is 0 Å². The molecule has 1 heterocycles. The van der Waals surface area contributed by atoms with Crippen molar-refractivity contribution in [2.75, 3.05) is 11.9 Å². The first-order valence-electron chi connectivity index (χ1n) is 6.36. The van der Waals surface area contributed by atoms with E-state index in [1.807, 2.05) is 5.38 Å².